The van der Waals surface area contributed by atoms with Crippen molar-refractivity contribution in [1.29, 1.82) is 0 Å². The topological polar surface area (TPSA) is 93.5 Å². The number of rotatable bonds is 5. The summed E-state index contributed by atoms with van der Waals surface area (Å²) in [6.45, 7) is 3.69. The molecule has 94 valence electrons. The highest BCUT2D eigenvalue weighted by Crippen LogP contribution is 2.17. The van der Waals surface area contributed by atoms with Gasteiger partial charge in [-0.2, -0.15) is 0 Å². The molecule has 17 heavy (non-hydrogen) atoms. The van der Waals surface area contributed by atoms with Crippen molar-refractivity contribution in [2.75, 3.05) is 13.2 Å². The molecule has 0 aliphatic carbocycles. The third-order valence-corrected chi connectivity index (χ3v) is 2.12. The molecule has 1 aliphatic rings. The molecule has 0 amide bonds. The fraction of sp³-hybridized carbons (Fsp3) is 0.700. The van der Waals surface area contributed by atoms with Gasteiger partial charge in [-0.25, -0.2) is 0 Å². The minimum absolute atomic E-state index is 0.0347. The number of hydrogen-bond donors (Lipinski definition) is 0. The molecule has 0 fully saturated rings. The lowest BCUT2D eigenvalue weighted by atomic mass is 10.1. The summed E-state index contributed by atoms with van der Waals surface area (Å²) in [7, 11) is 0. The van der Waals surface area contributed by atoms with E-state index in [1.165, 1.54) is 6.92 Å². The van der Waals surface area contributed by atoms with Crippen LogP contribution in [0.15, 0.2) is 17.3 Å². The average molecular weight is 241 g/mol. The summed E-state index contributed by atoms with van der Waals surface area (Å²) in [5.41, 5.74) is 8.41. The SMILES string of the molecule is CCO[C@@H]1C=C[C@H](N=[N+]=[N-])[C@@H](COC(C)=O)O1. The molecule has 1 aliphatic heterocycles. The van der Waals surface area contributed by atoms with Crippen LogP contribution in [-0.4, -0.2) is 37.6 Å². The average Bonchev–Trinajstić information content (AvgIpc) is 2.29. The van der Waals surface area contributed by atoms with Crippen molar-refractivity contribution in [2.24, 2.45) is 5.11 Å². The predicted molar refractivity (Wildman–Crippen MR) is 59.0 cm³/mol. The van der Waals surface area contributed by atoms with Crippen molar-refractivity contribution in [1.82, 2.24) is 0 Å². The van der Waals surface area contributed by atoms with Crippen LogP contribution in [0.25, 0.3) is 10.4 Å². The number of esters is 1. The Morgan fingerprint density at radius 1 is 1.59 bits per heavy atom. The van der Waals surface area contributed by atoms with Crippen LogP contribution < -0.4 is 0 Å². The number of ether oxygens (including phenoxy) is 3. The van der Waals surface area contributed by atoms with Gasteiger partial charge in [-0.15, -0.1) is 0 Å². The molecule has 7 heteroatoms. The molecule has 0 bridgehead atoms. The monoisotopic (exact) mass is 241 g/mol. The van der Waals surface area contributed by atoms with Gasteiger partial charge < -0.3 is 14.2 Å². The molecule has 0 aromatic carbocycles. The zero-order valence-corrected chi connectivity index (χ0v) is 9.78. The molecule has 1 heterocycles. The van der Waals surface area contributed by atoms with E-state index in [0.717, 1.165) is 0 Å². The lowest BCUT2D eigenvalue weighted by Gasteiger charge is -2.29. The molecule has 0 aromatic heterocycles. The van der Waals surface area contributed by atoms with Gasteiger partial charge in [0.2, 0.25) is 0 Å². The molecule has 1 rings (SSSR count). The van der Waals surface area contributed by atoms with Gasteiger partial charge in [-0.1, -0.05) is 11.2 Å². The van der Waals surface area contributed by atoms with Crippen molar-refractivity contribution in [3.8, 4) is 0 Å². The lowest BCUT2D eigenvalue weighted by molar-refractivity contribution is -0.171. The zero-order valence-electron chi connectivity index (χ0n) is 9.78. The van der Waals surface area contributed by atoms with E-state index in [9.17, 15) is 4.79 Å². The minimum Gasteiger partial charge on any atom is -0.463 e. The fourth-order valence-corrected chi connectivity index (χ4v) is 1.40. The smallest absolute Gasteiger partial charge is 0.302 e. The van der Waals surface area contributed by atoms with Crippen molar-refractivity contribution in [3.05, 3.63) is 22.6 Å². The normalized spacial score (nSPS) is 27.3. The van der Waals surface area contributed by atoms with E-state index in [0.29, 0.717) is 6.61 Å². The Morgan fingerprint density at radius 2 is 2.35 bits per heavy atom. The Morgan fingerprint density at radius 3 is 2.94 bits per heavy atom. The van der Waals surface area contributed by atoms with E-state index in [1.807, 2.05) is 6.92 Å². The molecule has 0 saturated heterocycles. The van der Waals surface area contributed by atoms with Gasteiger partial charge >= 0.3 is 5.97 Å². The maximum absolute atomic E-state index is 10.7. The van der Waals surface area contributed by atoms with Gasteiger partial charge in [-0.3, -0.25) is 4.79 Å². The second-order valence-corrected chi connectivity index (χ2v) is 3.38. The standard InChI is InChI=1S/C10H15N3O4/c1-3-15-10-5-4-8(12-13-11)9(17-10)6-16-7(2)14/h4-5,8-10H,3,6H2,1-2H3/t8-,9+,10-/m0/s1. The summed E-state index contributed by atoms with van der Waals surface area (Å²) in [4.78, 5) is 13.4. The van der Waals surface area contributed by atoms with Crippen molar-refractivity contribution in [2.45, 2.75) is 32.3 Å². The van der Waals surface area contributed by atoms with Crippen LogP contribution >= 0.6 is 0 Å². The largest absolute Gasteiger partial charge is 0.463 e. The van der Waals surface area contributed by atoms with Gasteiger partial charge in [0.05, 0.1) is 6.04 Å². The molecule has 0 N–H and O–H groups in total. The Bertz CT molecular complexity index is 338. The molecule has 0 unspecified atom stereocenters. The van der Waals surface area contributed by atoms with Crippen molar-refractivity contribution >= 4 is 5.97 Å². The summed E-state index contributed by atoms with van der Waals surface area (Å²) < 4.78 is 15.6. The van der Waals surface area contributed by atoms with Crippen LogP contribution in [0.4, 0.5) is 0 Å². The minimum atomic E-state index is -0.517. The summed E-state index contributed by atoms with van der Waals surface area (Å²) >= 11 is 0. The van der Waals surface area contributed by atoms with Crippen LogP contribution in [0, 0.1) is 0 Å². The van der Waals surface area contributed by atoms with E-state index >= 15 is 0 Å². The van der Waals surface area contributed by atoms with Gasteiger partial charge in [0, 0.05) is 18.4 Å². The Balaban J connectivity index is 2.64. The molecular formula is C10H15N3O4. The maximum atomic E-state index is 10.7. The number of carbonyl (C=O) groups excluding carboxylic acids is 1. The van der Waals surface area contributed by atoms with Gasteiger partial charge in [0.25, 0.3) is 0 Å². The van der Waals surface area contributed by atoms with Crippen molar-refractivity contribution in [3.63, 3.8) is 0 Å². The quantitative estimate of drug-likeness (QED) is 0.240. The molecule has 7 nitrogen and oxygen atoms in total. The van der Waals surface area contributed by atoms with Crippen molar-refractivity contribution < 1.29 is 19.0 Å². The lowest BCUT2D eigenvalue weighted by Crippen LogP contribution is -2.38. The predicted octanol–water partition coefficient (Wildman–Crippen LogP) is 1.55. The fourth-order valence-electron chi connectivity index (χ4n) is 1.40. The number of hydrogen-bond acceptors (Lipinski definition) is 5. The molecule has 0 radical (unpaired) electrons. The summed E-state index contributed by atoms with van der Waals surface area (Å²) in [6.07, 6.45) is 2.35. The van der Waals surface area contributed by atoms with Crippen LogP contribution in [0.2, 0.25) is 0 Å². The summed E-state index contributed by atoms with van der Waals surface area (Å²) in [6, 6.07) is -0.490. The molecule has 0 saturated carbocycles. The highest BCUT2D eigenvalue weighted by molar-refractivity contribution is 5.65. The highest BCUT2D eigenvalue weighted by atomic mass is 16.7. The second-order valence-electron chi connectivity index (χ2n) is 3.38. The first-order valence-corrected chi connectivity index (χ1v) is 5.30. The van der Waals surface area contributed by atoms with E-state index in [1.54, 1.807) is 12.2 Å². The molecule has 0 aromatic rings. The van der Waals surface area contributed by atoms with Gasteiger partial charge in [0.1, 0.15) is 12.7 Å². The van der Waals surface area contributed by atoms with E-state index in [2.05, 4.69) is 10.0 Å². The highest BCUT2D eigenvalue weighted by Gasteiger charge is 2.27. The van der Waals surface area contributed by atoms with Gasteiger partial charge in [0.15, 0.2) is 6.29 Å². The number of azide groups is 1. The number of carbonyl (C=O) groups is 1. The third kappa shape index (κ3) is 4.44. The molecular weight excluding hydrogens is 226 g/mol. The Kier molecular flexibility index (Phi) is 5.48. The van der Waals surface area contributed by atoms with Crippen LogP contribution in [0.5, 0.6) is 0 Å². The zero-order chi connectivity index (χ0) is 12.7. The van der Waals surface area contributed by atoms with Crippen LogP contribution in [0.3, 0.4) is 0 Å². The van der Waals surface area contributed by atoms with E-state index < -0.39 is 24.4 Å². The number of nitrogens with zero attached hydrogens (tertiary/aromatic N) is 3. The van der Waals surface area contributed by atoms with E-state index in [-0.39, 0.29) is 6.61 Å². The first-order valence-electron chi connectivity index (χ1n) is 5.30. The Labute approximate surface area is 99.0 Å². The maximum Gasteiger partial charge on any atom is 0.302 e. The summed E-state index contributed by atoms with van der Waals surface area (Å²) in [5, 5.41) is 3.56. The second kappa shape index (κ2) is 6.90. The first-order chi connectivity index (χ1) is 8.17. The summed E-state index contributed by atoms with van der Waals surface area (Å²) in [5.74, 6) is -0.407. The first kappa shape index (κ1) is 13.5. The Hall–Kier alpha value is -1.56. The van der Waals surface area contributed by atoms with Gasteiger partial charge in [-0.05, 0) is 18.5 Å². The van der Waals surface area contributed by atoms with E-state index in [4.69, 9.17) is 19.7 Å². The van der Waals surface area contributed by atoms with Crippen LogP contribution in [-0.2, 0) is 19.0 Å². The third-order valence-electron chi connectivity index (χ3n) is 2.12. The molecule has 3 atom stereocenters. The van der Waals surface area contributed by atoms with Crippen LogP contribution in [0.1, 0.15) is 13.8 Å². The molecule has 0 spiro atoms.